The fourth-order valence-corrected chi connectivity index (χ4v) is 2.30. The summed E-state index contributed by atoms with van der Waals surface area (Å²) < 4.78 is 5.36. The van der Waals surface area contributed by atoms with E-state index in [1.807, 2.05) is 31.2 Å². The van der Waals surface area contributed by atoms with E-state index < -0.39 is 0 Å². The number of aryl methyl sites for hydroxylation is 1. The van der Waals surface area contributed by atoms with Crippen molar-refractivity contribution in [3.05, 3.63) is 30.0 Å². The Kier molecular flexibility index (Phi) is 2.26. The summed E-state index contributed by atoms with van der Waals surface area (Å²) in [6.45, 7) is 2.02. The number of nitrogens with two attached hydrogens (primary N) is 1. The zero-order chi connectivity index (χ0) is 12.7. The van der Waals surface area contributed by atoms with Crippen LogP contribution in [-0.4, -0.2) is 22.3 Å². The lowest BCUT2D eigenvalue weighted by Gasteiger charge is -2.01. The fraction of sp³-hybridized carbons (Fsp3) is 0.154. The number of aromatic nitrogens is 3. The second-order valence-electron chi connectivity index (χ2n) is 4.21. The second-order valence-corrected chi connectivity index (χ2v) is 4.21. The number of nitrogens with zero attached hydrogens (tertiary/aromatic N) is 1. The monoisotopic (exact) mass is 242 g/mol. The van der Waals surface area contributed by atoms with Gasteiger partial charge in [0.15, 0.2) is 0 Å². The van der Waals surface area contributed by atoms with Crippen molar-refractivity contribution in [2.75, 3.05) is 12.8 Å². The van der Waals surface area contributed by atoms with E-state index >= 15 is 0 Å². The van der Waals surface area contributed by atoms with Gasteiger partial charge in [-0.2, -0.15) is 5.10 Å². The van der Waals surface area contributed by atoms with Crippen molar-refractivity contribution < 1.29 is 4.74 Å². The van der Waals surface area contributed by atoms with Crippen molar-refractivity contribution in [3.8, 4) is 17.0 Å². The summed E-state index contributed by atoms with van der Waals surface area (Å²) in [5.74, 6) is 1.32. The minimum atomic E-state index is 0.488. The Morgan fingerprint density at radius 3 is 2.83 bits per heavy atom. The summed E-state index contributed by atoms with van der Waals surface area (Å²) in [5, 5.41) is 8.01. The van der Waals surface area contributed by atoms with E-state index in [1.165, 1.54) is 0 Å². The maximum Gasteiger partial charge on any atom is 0.145 e. The molecule has 5 nitrogen and oxygen atoms in total. The summed E-state index contributed by atoms with van der Waals surface area (Å²) in [7, 11) is 1.67. The highest BCUT2D eigenvalue weighted by atomic mass is 16.5. The number of para-hydroxylation sites is 1. The Labute approximate surface area is 104 Å². The first kappa shape index (κ1) is 10.7. The molecule has 0 aliphatic heterocycles. The molecule has 0 spiro atoms. The summed E-state index contributed by atoms with van der Waals surface area (Å²) in [6, 6.07) is 7.78. The summed E-state index contributed by atoms with van der Waals surface area (Å²) in [5.41, 5.74) is 9.68. The normalized spacial score (nSPS) is 11.0. The average molecular weight is 242 g/mol. The molecule has 0 fully saturated rings. The van der Waals surface area contributed by atoms with E-state index in [1.54, 1.807) is 7.11 Å². The van der Waals surface area contributed by atoms with Gasteiger partial charge in [0, 0.05) is 22.7 Å². The number of nitrogens with one attached hydrogen (secondary N) is 2. The van der Waals surface area contributed by atoms with Gasteiger partial charge in [-0.1, -0.05) is 12.1 Å². The van der Waals surface area contributed by atoms with Gasteiger partial charge in [-0.05, 0) is 13.0 Å². The summed E-state index contributed by atoms with van der Waals surface area (Å²) >= 11 is 0. The number of rotatable bonds is 2. The van der Waals surface area contributed by atoms with Crippen LogP contribution in [0.25, 0.3) is 22.2 Å². The minimum Gasteiger partial charge on any atom is -0.495 e. The number of H-pyrrole nitrogens is 2. The molecule has 0 aliphatic rings. The Balaban J connectivity index is 2.33. The predicted molar refractivity (Wildman–Crippen MR) is 71.6 cm³/mol. The van der Waals surface area contributed by atoms with Crippen LogP contribution < -0.4 is 10.5 Å². The lowest BCUT2D eigenvalue weighted by Crippen LogP contribution is -1.83. The second kappa shape index (κ2) is 3.80. The van der Waals surface area contributed by atoms with E-state index in [4.69, 9.17) is 10.5 Å². The van der Waals surface area contributed by atoms with Gasteiger partial charge in [0.25, 0.3) is 0 Å². The van der Waals surface area contributed by atoms with Crippen molar-refractivity contribution >= 4 is 16.7 Å². The number of methoxy groups -OCH3 is 1. The smallest absolute Gasteiger partial charge is 0.145 e. The fourth-order valence-electron chi connectivity index (χ4n) is 2.30. The van der Waals surface area contributed by atoms with E-state index in [0.717, 1.165) is 33.6 Å². The first-order chi connectivity index (χ1) is 8.70. The molecule has 0 amide bonds. The number of hydrogen-bond acceptors (Lipinski definition) is 3. The molecule has 0 aliphatic carbocycles. The third-order valence-corrected chi connectivity index (χ3v) is 3.07. The molecule has 2 heterocycles. The lowest BCUT2D eigenvalue weighted by atomic mass is 10.1. The van der Waals surface area contributed by atoms with Gasteiger partial charge in [0.2, 0.25) is 0 Å². The maximum atomic E-state index is 5.66. The molecule has 0 bridgehead atoms. The number of benzene rings is 1. The standard InChI is InChI=1S/C13H14N4O/c1-7-12(9-6-11(14)17-16-9)8-4-3-5-10(18-2)13(8)15-7/h3-6,15H,1-2H3,(H3,14,16,17). The molecule has 2 aromatic heterocycles. The van der Waals surface area contributed by atoms with Crippen LogP contribution in [0.3, 0.4) is 0 Å². The molecule has 0 atom stereocenters. The lowest BCUT2D eigenvalue weighted by molar-refractivity contribution is 0.419. The van der Waals surface area contributed by atoms with Crippen LogP contribution in [-0.2, 0) is 0 Å². The first-order valence-corrected chi connectivity index (χ1v) is 5.67. The zero-order valence-electron chi connectivity index (χ0n) is 10.2. The molecule has 0 saturated heterocycles. The van der Waals surface area contributed by atoms with E-state index in [9.17, 15) is 0 Å². The van der Waals surface area contributed by atoms with Gasteiger partial charge >= 0.3 is 0 Å². The number of anilines is 1. The Bertz CT molecular complexity index is 711. The van der Waals surface area contributed by atoms with Crippen LogP contribution >= 0.6 is 0 Å². The molecule has 92 valence electrons. The zero-order valence-corrected chi connectivity index (χ0v) is 10.2. The van der Waals surface area contributed by atoms with Crippen molar-refractivity contribution in [2.45, 2.75) is 6.92 Å². The van der Waals surface area contributed by atoms with E-state index in [2.05, 4.69) is 15.2 Å². The van der Waals surface area contributed by atoms with Gasteiger partial charge in [-0.3, -0.25) is 5.10 Å². The molecule has 3 rings (SSSR count). The molecular formula is C13H14N4O. The van der Waals surface area contributed by atoms with Crippen LogP contribution in [0.2, 0.25) is 0 Å². The molecule has 1 aromatic carbocycles. The number of ether oxygens (including phenoxy) is 1. The van der Waals surface area contributed by atoms with Crippen LogP contribution in [0.5, 0.6) is 5.75 Å². The third kappa shape index (κ3) is 1.44. The summed E-state index contributed by atoms with van der Waals surface area (Å²) in [6.07, 6.45) is 0. The van der Waals surface area contributed by atoms with Gasteiger partial charge in [0.1, 0.15) is 11.6 Å². The van der Waals surface area contributed by atoms with E-state index in [-0.39, 0.29) is 0 Å². The van der Waals surface area contributed by atoms with Gasteiger partial charge in [-0.25, -0.2) is 0 Å². The first-order valence-electron chi connectivity index (χ1n) is 5.67. The highest BCUT2D eigenvalue weighted by molar-refractivity contribution is 5.99. The van der Waals surface area contributed by atoms with Crippen molar-refractivity contribution in [2.24, 2.45) is 0 Å². The molecule has 18 heavy (non-hydrogen) atoms. The van der Waals surface area contributed by atoms with Crippen molar-refractivity contribution in [3.63, 3.8) is 0 Å². The van der Waals surface area contributed by atoms with Crippen molar-refractivity contribution in [1.82, 2.24) is 15.2 Å². The SMILES string of the molecule is COc1cccc2c(-c3cc(N)n[nH]3)c(C)[nH]c12. The molecular weight excluding hydrogens is 228 g/mol. The number of fused-ring (bicyclic) bond motifs is 1. The predicted octanol–water partition coefficient (Wildman–Crippen LogP) is 2.46. The molecule has 0 saturated carbocycles. The Morgan fingerprint density at radius 1 is 1.33 bits per heavy atom. The molecule has 0 radical (unpaired) electrons. The minimum absolute atomic E-state index is 0.488. The third-order valence-electron chi connectivity index (χ3n) is 3.07. The molecule has 0 unspecified atom stereocenters. The van der Waals surface area contributed by atoms with Crippen molar-refractivity contribution in [1.29, 1.82) is 0 Å². The highest BCUT2D eigenvalue weighted by Crippen LogP contribution is 2.35. The Hall–Kier alpha value is -2.43. The molecule has 4 N–H and O–H groups in total. The van der Waals surface area contributed by atoms with Crippen LogP contribution in [0, 0.1) is 6.92 Å². The quantitative estimate of drug-likeness (QED) is 0.645. The van der Waals surface area contributed by atoms with E-state index in [0.29, 0.717) is 5.82 Å². The Morgan fingerprint density at radius 2 is 2.17 bits per heavy atom. The average Bonchev–Trinajstić information content (AvgIpc) is 2.91. The van der Waals surface area contributed by atoms with Crippen LogP contribution in [0.1, 0.15) is 5.69 Å². The van der Waals surface area contributed by atoms with Crippen LogP contribution in [0.4, 0.5) is 5.82 Å². The topological polar surface area (TPSA) is 79.7 Å². The number of hydrogen-bond donors (Lipinski definition) is 3. The maximum absolute atomic E-state index is 5.66. The highest BCUT2D eigenvalue weighted by Gasteiger charge is 2.14. The molecule has 3 aromatic rings. The molecule has 5 heteroatoms. The van der Waals surface area contributed by atoms with Crippen LogP contribution in [0.15, 0.2) is 24.3 Å². The summed E-state index contributed by atoms with van der Waals surface area (Å²) in [4.78, 5) is 3.34. The van der Waals surface area contributed by atoms with Gasteiger partial charge in [-0.15, -0.1) is 0 Å². The van der Waals surface area contributed by atoms with Gasteiger partial charge in [0.05, 0.1) is 18.3 Å². The largest absolute Gasteiger partial charge is 0.495 e. The number of aromatic amines is 2. The van der Waals surface area contributed by atoms with Gasteiger partial charge < -0.3 is 15.5 Å². The number of nitrogen functional groups attached to an aromatic ring is 1.